The average molecular weight is 340 g/mol. The summed E-state index contributed by atoms with van der Waals surface area (Å²) in [5.41, 5.74) is 3.41. The maximum absolute atomic E-state index is 12.6. The topological polar surface area (TPSA) is 55.4 Å². The number of rotatable bonds is 4. The van der Waals surface area contributed by atoms with E-state index in [0.29, 0.717) is 10.7 Å². The lowest BCUT2D eigenvalue weighted by Gasteiger charge is -2.16. The van der Waals surface area contributed by atoms with Gasteiger partial charge in [0.05, 0.1) is 12.8 Å². The first-order valence-corrected chi connectivity index (χ1v) is 8.55. The summed E-state index contributed by atoms with van der Waals surface area (Å²) in [7, 11) is -2.35. The van der Waals surface area contributed by atoms with E-state index in [2.05, 4.69) is 4.72 Å². The molecule has 0 aromatic heterocycles. The van der Waals surface area contributed by atoms with Gasteiger partial charge in [0.1, 0.15) is 10.6 Å². The second-order valence-corrected chi connectivity index (χ2v) is 7.26. The molecule has 0 radical (unpaired) electrons. The number of anilines is 1. The average Bonchev–Trinajstić information content (AvgIpc) is 2.42. The van der Waals surface area contributed by atoms with E-state index in [9.17, 15) is 8.42 Å². The Bertz CT molecular complexity index is 793. The number of sulfonamides is 1. The smallest absolute Gasteiger partial charge is 0.265 e. The van der Waals surface area contributed by atoms with Crippen LogP contribution in [0.3, 0.4) is 0 Å². The summed E-state index contributed by atoms with van der Waals surface area (Å²) in [6.07, 6.45) is 0. The molecule has 0 bridgehead atoms. The second-order valence-electron chi connectivity index (χ2n) is 5.17. The summed E-state index contributed by atoms with van der Waals surface area (Å²) >= 11 is 5.88. The van der Waals surface area contributed by atoms with Crippen molar-refractivity contribution in [2.24, 2.45) is 0 Å². The minimum absolute atomic E-state index is 0.0544. The van der Waals surface area contributed by atoms with Gasteiger partial charge in [0.15, 0.2) is 0 Å². The molecule has 0 aliphatic heterocycles. The third kappa shape index (κ3) is 3.36. The van der Waals surface area contributed by atoms with Crippen LogP contribution < -0.4 is 9.46 Å². The molecule has 0 amide bonds. The lowest BCUT2D eigenvalue weighted by molar-refractivity contribution is 0.403. The Labute approximate surface area is 136 Å². The minimum Gasteiger partial charge on any atom is -0.495 e. The summed E-state index contributed by atoms with van der Waals surface area (Å²) in [6, 6.07) is 8.30. The first-order chi connectivity index (χ1) is 10.2. The SMILES string of the molecule is COc1cc(Cl)ccc1S(=O)(=O)Nc1c(C)cc(C)cc1C. The van der Waals surface area contributed by atoms with Crippen molar-refractivity contribution < 1.29 is 13.2 Å². The van der Waals surface area contributed by atoms with Crippen molar-refractivity contribution in [3.63, 3.8) is 0 Å². The fourth-order valence-corrected chi connectivity index (χ4v) is 3.91. The molecule has 0 unspecified atom stereocenters. The van der Waals surface area contributed by atoms with E-state index in [1.54, 1.807) is 0 Å². The highest BCUT2D eigenvalue weighted by atomic mass is 35.5. The standard InChI is InChI=1S/C16H18ClNO3S/c1-10-7-11(2)16(12(3)8-10)18-22(19,20)15-6-5-13(17)9-14(15)21-4/h5-9,18H,1-4H3. The van der Waals surface area contributed by atoms with Crippen LogP contribution >= 0.6 is 11.6 Å². The van der Waals surface area contributed by atoms with Crippen molar-refractivity contribution in [1.29, 1.82) is 0 Å². The van der Waals surface area contributed by atoms with E-state index >= 15 is 0 Å². The molecule has 0 saturated heterocycles. The van der Waals surface area contributed by atoms with Crippen molar-refractivity contribution in [1.82, 2.24) is 0 Å². The number of hydrogen-bond donors (Lipinski definition) is 1. The summed E-state index contributed by atoms with van der Waals surface area (Å²) in [6.45, 7) is 5.72. The van der Waals surface area contributed by atoms with Crippen LogP contribution in [-0.4, -0.2) is 15.5 Å². The predicted molar refractivity (Wildman–Crippen MR) is 89.5 cm³/mol. The molecule has 22 heavy (non-hydrogen) atoms. The van der Waals surface area contributed by atoms with Gasteiger partial charge in [-0.25, -0.2) is 8.42 Å². The van der Waals surface area contributed by atoms with E-state index in [1.165, 1.54) is 25.3 Å². The molecule has 2 aromatic carbocycles. The maximum Gasteiger partial charge on any atom is 0.265 e. The molecule has 0 fully saturated rings. The molecule has 2 aromatic rings. The quantitative estimate of drug-likeness (QED) is 0.913. The number of halogens is 1. The fourth-order valence-electron chi connectivity index (χ4n) is 2.39. The second kappa shape index (κ2) is 6.18. The van der Waals surface area contributed by atoms with Crippen LogP contribution in [0, 0.1) is 20.8 Å². The molecule has 2 rings (SSSR count). The lowest BCUT2D eigenvalue weighted by Crippen LogP contribution is -2.15. The Balaban J connectivity index is 2.49. The zero-order chi connectivity index (χ0) is 16.5. The van der Waals surface area contributed by atoms with Gasteiger partial charge in [-0.1, -0.05) is 29.3 Å². The number of aryl methyl sites for hydroxylation is 3. The maximum atomic E-state index is 12.6. The van der Waals surface area contributed by atoms with Gasteiger partial charge in [-0.2, -0.15) is 0 Å². The molecule has 1 N–H and O–H groups in total. The zero-order valence-electron chi connectivity index (χ0n) is 12.9. The van der Waals surface area contributed by atoms with E-state index in [-0.39, 0.29) is 10.6 Å². The first-order valence-electron chi connectivity index (χ1n) is 6.69. The molecule has 6 heteroatoms. The summed E-state index contributed by atoms with van der Waals surface area (Å²) in [5, 5.41) is 0.415. The van der Waals surface area contributed by atoms with E-state index in [4.69, 9.17) is 16.3 Å². The molecule has 0 spiro atoms. The summed E-state index contributed by atoms with van der Waals surface area (Å²) < 4.78 is 33.1. The molecule has 0 saturated carbocycles. The Morgan fingerprint density at radius 3 is 2.18 bits per heavy atom. The van der Waals surface area contributed by atoms with Crippen molar-refractivity contribution in [2.75, 3.05) is 11.8 Å². The Kier molecular flexibility index (Phi) is 4.68. The van der Waals surface area contributed by atoms with Crippen LogP contribution in [0.4, 0.5) is 5.69 Å². The first kappa shape index (κ1) is 16.6. The van der Waals surface area contributed by atoms with Crippen LogP contribution in [0.1, 0.15) is 16.7 Å². The molecule has 118 valence electrons. The molecular formula is C16H18ClNO3S. The van der Waals surface area contributed by atoms with Gasteiger partial charge in [-0.3, -0.25) is 4.72 Å². The number of ether oxygens (including phenoxy) is 1. The largest absolute Gasteiger partial charge is 0.495 e. The Hall–Kier alpha value is -1.72. The Morgan fingerprint density at radius 2 is 1.64 bits per heavy atom. The predicted octanol–water partition coefficient (Wildman–Crippen LogP) is 4.07. The highest BCUT2D eigenvalue weighted by molar-refractivity contribution is 7.92. The monoisotopic (exact) mass is 339 g/mol. The minimum atomic E-state index is -3.76. The Morgan fingerprint density at radius 1 is 1.05 bits per heavy atom. The summed E-state index contributed by atoms with van der Waals surface area (Å²) in [5.74, 6) is 0.211. The van der Waals surface area contributed by atoms with Crippen LogP contribution in [0.5, 0.6) is 5.75 Å². The van der Waals surface area contributed by atoms with Crippen LogP contribution in [-0.2, 0) is 10.0 Å². The van der Waals surface area contributed by atoms with Crippen molar-refractivity contribution in [2.45, 2.75) is 25.7 Å². The molecule has 0 aliphatic rings. The third-order valence-electron chi connectivity index (χ3n) is 3.33. The highest BCUT2D eigenvalue weighted by Gasteiger charge is 2.21. The molecule has 0 aliphatic carbocycles. The number of nitrogens with one attached hydrogen (secondary N) is 1. The third-order valence-corrected chi connectivity index (χ3v) is 4.95. The molecular weight excluding hydrogens is 322 g/mol. The molecule has 0 heterocycles. The summed E-state index contributed by atoms with van der Waals surface area (Å²) in [4.78, 5) is 0.0544. The van der Waals surface area contributed by atoms with Crippen molar-refractivity contribution >= 4 is 27.3 Å². The lowest BCUT2D eigenvalue weighted by atomic mass is 10.1. The fraction of sp³-hybridized carbons (Fsp3) is 0.250. The van der Waals surface area contributed by atoms with Crippen LogP contribution in [0.15, 0.2) is 35.2 Å². The van der Waals surface area contributed by atoms with Gasteiger partial charge in [-0.05, 0) is 44.0 Å². The van der Waals surface area contributed by atoms with E-state index < -0.39 is 10.0 Å². The van der Waals surface area contributed by atoms with E-state index in [0.717, 1.165) is 16.7 Å². The number of hydrogen-bond acceptors (Lipinski definition) is 3. The van der Waals surface area contributed by atoms with Crippen LogP contribution in [0.2, 0.25) is 5.02 Å². The normalized spacial score (nSPS) is 11.3. The number of methoxy groups -OCH3 is 1. The highest BCUT2D eigenvalue weighted by Crippen LogP contribution is 2.30. The van der Waals surface area contributed by atoms with Gasteiger partial charge >= 0.3 is 0 Å². The van der Waals surface area contributed by atoms with Gasteiger partial charge in [0, 0.05) is 11.1 Å². The van der Waals surface area contributed by atoms with Gasteiger partial charge in [0.25, 0.3) is 10.0 Å². The van der Waals surface area contributed by atoms with E-state index in [1.807, 2.05) is 32.9 Å². The van der Waals surface area contributed by atoms with Crippen LogP contribution in [0.25, 0.3) is 0 Å². The molecule has 4 nitrogen and oxygen atoms in total. The molecule has 0 atom stereocenters. The number of benzene rings is 2. The van der Waals surface area contributed by atoms with Gasteiger partial charge in [0.2, 0.25) is 0 Å². The zero-order valence-corrected chi connectivity index (χ0v) is 14.5. The van der Waals surface area contributed by atoms with Gasteiger partial charge in [-0.15, -0.1) is 0 Å². The van der Waals surface area contributed by atoms with Gasteiger partial charge < -0.3 is 4.74 Å². The van der Waals surface area contributed by atoms with Crippen molar-refractivity contribution in [3.05, 3.63) is 52.0 Å². The van der Waals surface area contributed by atoms with Crippen molar-refractivity contribution in [3.8, 4) is 5.75 Å².